The Kier molecular flexibility index (Phi) is 1.80. The van der Waals surface area contributed by atoms with Crippen molar-refractivity contribution in [3.05, 3.63) is 24.0 Å². The topological polar surface area (TPSA) is 61.4 Å². The summed E-state index contributed by atoms with van der Waals surface area (Å²) >= 11 is 0. The molecule has 0 aliphatic heterocycles. The van der Waals surface area contributed by atoms with Crippen molar-refractivity contribution >= 4 is 0 Å². The summed E-state index contributed by atoms with van der Waals surface area (Å²) in [5, 5.41) is 11.7. The van der Waals surface area contributed by atoms with Crippen molar-refractivity contribution in [3.63, 3.8) is 0 Å². The lowest BCUT2D eigenvalue weighted by atomic mass is 10.5. The fourth-order valence-corrected chi connectivity index (χ4v) is 1.11. The second-order valence-corrected chi connectivity index (χ2v) is 2.80. The molecule has 0 saturated heterocycles. The Bertz CT molecular complexity index is 401. The molecule has 0 aliphatic rings. The van der Waals surface area contributed by atoms with Crippen molar-refractivity contribution in [2.75, 3.05) is 0 Å². The molecule has 2 rings (SSSR count). The molecule has 2 aromatic heterocycles. The number of aryl methyl sites for hydroxylation is 2. The number of nitrogens with zero attached hydrogens (tertiary/aromatic N) is 6. The van der Waals surface area contributed by atoms with Gasteiger partial charge in [0.25, 0.3) is 0 Å². The van der Waals surface area contributed by atoms with Gasteiger partial charge in [-0.25, -0.2) is 4.98 Å². The number of imidazole rings is 1. The zero-order valence-electron chi connectivity index (χ0n) is 7.55. The Balaban J connectivity index is 2.19. The molecule has 0 aliphatic carbocycles. The first-order chi connectivity index (χ1) is 6.25. The predicted octanol–water partition coefficient (Wildman–Crippen LogP) is -0.237. The normalized spacial score (nSPS) is 10.6. The smallest absolute Gasteiger partial charge is 0.194 e. The third-order valence-electron chi connectivity index (χ3n) is 1.79. The van der Waals surface area contributed by atoms with Gasteiger partial charge in [0.1, 0.15) is 5.82 Å². The van der Waals surface area contributed by atoms with Crippen molar-refractivity contribution in [1.82, 2.24) is 29.8 Å². The summed E-state index contributed by atoms with van der Waals surface area (Å²) in [4.78, 5) is 5.55. The molecule has 0 fully saturated rings. The molecule has 0 spiro atoms. The number of hydrogen-bond donors (Lipinski definition) is 0. The van der Waals surface area contributed by atoms with Crippen LogP contribution in [0.2, 0.25) is 0 Å². The van der Waals surface area contributed by atoms with Crippen LogP contribution in [0.5, 0.6) is 0 Å². The second kappa shape index (κ2) is 2.96. The van der Waals surface area contributed by atoms with Crippen LogP contribution in [-0.2, 0) is 13.6 Å². The predicted molar refractivity (Wildman–Crippen MR) is 44.9 cm³/mol. The van der Waals surface area contributed by atoms with Gasteiger partial charge in [0.2, 0.25) is 0 Å². The Hall–Kier alpha value is -1.72. The van der Waals surface area contributed by atoms with Gasteiger partial charge in [-0.15, -0.1) is 10.2 Å². The van der Waals surface area contributed by atoms with E-state index in [0.29, 0.717) is 12.4 Å². The van der Waals surface area contributed by atoms with E-state index in [1.54, 1.807) is 13.2 Å². The molecule has 0 N–H and O–H groups in total. The van der Waals surface area contributed by atoms with Crippen LogP contribution in [0.15, 0.2) is 12.4 Å². The molecule has 0 aromatic carbocycles. The highest BCUT2D eigenvalue weighted by Crippen LogP contribution is 1.98. The number of aromatic nitrogens is 6. The van der Waals surface area contributed by atoms with E-state index < -0.39 is 0 Å². The first kappa shape index (κ1) is 7.90. The van der Waals surface area contributed by atoms with Crippen molar-refractivity contribution in [2.45, 2.75) is 13.5 Å². The molecule has 6 heteroatoms. The van der Waals surface area contributed by atoms with Crippen LogP contribution in [-0.4, -0.2) is 29.8 Å². The van der Waals surface area contributed by atoms with E-state index in [1.165, 1.54) is 4.80 Å². The molecule has 2 aromatic rings. The standard InChI is InChI=1S/C7H10N6/c1-6-8-3-4-13(6)5-7-9-11-12(2)10-7/h3-4H,5H2,1-2H3. The van der Waals surface area contributed by atoms with Crippen molar-refractivity contribution in [3.8, 4) is 0 Å². The van der Waals surface area contributed by atoms with Crippen molar-refractivity contribution in [2.24, 2.45) is 7.05 Å². The minimum atomic E-state index is 0.625. The van der Waals surface area contributed by atoms with Crippen LogP contribution in [0.4, 0.5) is 0 Å². The fraction of sp³-hybridized carbons (Fsp3) is 0.429. The van der Waals surface area contributed by atoms with Gasteiger partial charge >= 0.3 is 0 Å². The van der Waals surface area contributed by atoms with Crippen LogP contribution in [0, 0.1) is 6.92 Å². The molecule has 68 valence electrons. The van der Waals surface area contributed by atoms with E-state index in [9.17, 15) is 0 Å². The van der Waals surface area contributed by atoms with Crippen molar-refractivity contribution < 1.29 is 0 Å². The largest absolute Gasteiger partial charge is 0.327 e. The van der Waals surface area contributed by atoms with E-state index >= 15 is 0 Å². The monoisotopic (exact) mass is 178 g/mol. The molecule has 0 unspecified atom stereocenters. The molecule has 6 nitrogen and oxygen atoms in total. The Labute approximate surface area is 75.2 Å². The van der Waals surface area contributed by atoms with Crippen LogP contribution >= 0.6 is 0 Å². The minimum Gasteiger partial charge on any atom is -0.327 e. The lowest BCUT2D eigenvalue weighted by Crippen LogP contribution is -2.03. The quantitative estimate of drug-likeness (QED) is 0.637. The molecule has 13 heavy (non-hydrogen) atoms. The Morgan fingerprint density at radius 2 is 2.31 bits per heavy atom. The highest BCUT2D eigenvalue weighted by atomic mass is 15.6. The van der Waals surface area contributed by atoms with Gasteiger partial charge in [-0.1, -0.05) is 0 Å². The first-order valence-corrected chi connectivity index (χ1v) is 3.96. The van der Waals surface area contributed by atoms with E-state index in [4.69, 9.17) is 0 Å². The van der Waals surface area contributed by atoms with Crippen LogP contribution in [0.25, 0.3) is 0 Å². The fourth-order valence-electron chi connectivity index (χ4n) is 1.11. The minimum absolute atomic E-state index is 0.625. The van der Waals surface area contributed by atoms with Gasteiger partial charge < -0.3 is 4.57 Å². The summed E-state index contributed by atoms with van der Waals surface area (Å²) < 4.78 is 1.97. The van der Waals surface area contributed by atoms with E-state index in [1.807, 2.05) is 17.7 Å². The van der Waals surface area contributed by atoms with Gasteiger partial charge in [0.15, 0.2) is 5.82 Å². The molecule has 0 amide bonds. The highest BCUT2D eigenvalue weighted by molar-refractivity contribution is 4.92. The van der Waals surface area contributed by atoms with Crippen LogP contribution in [0.1, 0.15) is 11.6 Å². The Morgan fingerprint density at radius 1 is 1.46 bits per heavy atom. The maximum absolute atomic E-state index is 4.10. The van der Waals surface area contributed by atoms with Gasteiger partial charge in [-0.05, 0) is 12.1 Å². The maximum atomic E-state index is 4.10. The number of rotatable bonds is 2. The van der Waals surface area contributed by atoms with E-state index in [2.05, 4.69) is 20.4 Å². The first-order valence-electron chi connectivity index (χ1n) is 3.96. The molecule has 0 radical (unpaired) electrons. The lowest BCUT2D eigenvalue weighted by molar-refractivity contribution is 0.624. The third kappa shape index (κ3) is 1.56. The summed E-state index contributed by atoms with van der Waals surface area (Å²) in [5.41, 5.74) is 0. The summed E-state index contributed by atoms with van der Waals surface area (Å²) in [7, 11) is 1.75. The summed E-state index contributed by atoms with van der Waals surface area (Å²) in [6.07, 6.45) is 3.65. The van der Waals surface area contributed by atoms with Gasteiger partial charge in [-0.2, -0.15) is 4.80 Å². The van der Waals surface area contributed by atoms with E-state index in [-0.39, 0.29) is 0 Å². The maximum Gasteiger partial charge on any atom is 0.194 e. The van der Waals surface area contributed by atoms with Gasteiger partial charge in [0.05, 0.1) is 13.6 Å². The number of tetrazole rings is 1. The molecule has 0 bridgehead atoms. The molecular formula is C7H10N6. The molecule has 2 heterocycles. The molecule has 0 saturated carbocycles. The van der Waals surface area contributed by atoms with Crippen LogP contribution in [0.3, 0.4) is 0 Å². The highest BCUT2D eigenvalue weighted by Gasteiger charge is 2.02. The summed E-state index contributed by atoms with van der Waals surface area (Å²) in [6.45, 7) is 2.57. The summed E-state index contributed by atoms with van der Waals surface area (Å²) in [6, 6.07) is 0. The Morgan fingerprint density at radius 3 is 2.85 bits per heavy atom. The average Bonchev–Trinajstić information content (AvgIpc) is 2.64. The molecule has 0 atom stereocenters. The van der Waals surface area contributed by atoms with Gasteiger partial charge in [-0.3, -0.25) is 0 Å². The zero-order valence-corrected chi connectivity index (χ0v) is 7.55. The van der Waals surface area contributed by atoms with Crippen molar-refractivity contribution in [1.29, 1.82) is 0 Å². The SMILES string of the molecule is Cc1nccn1Cc1nnn(C)n1. The third-order valence-corrected chi connectivity index (χ3v) is 1.79. The van der Waals surface area contributed by atoms with Gasteiger partial charge in [0, 0.05) is 12.4 Å². The van der Waals surface area contributed by atoms with Crippen LogP contribution < -0.4 is 0 Å². The second-order valence-electron chi connectivity index (χ2n) is 2.80. The summed E-state index contributed by atoms with van der Waals surface area (Å²) in [5.74, 6) is 1.65. The average molecular weight is 178 g/mol. The zero-order chi connectivity index (χ0) is 9.26. The lowest BCUT2D eigenvalue weighted by Gasteiger charge is -1.98. The van der Waals surface area contributed by atoms with E-state index in [0.717, 1.165) is 5.82 Å². The molecular weight excluding hydrogens is 168 g/mol. The number of hydrogen-bond acceptors (Lipinski definition) is 4.